The van der Waals surface area contributed by atoms with Gasteiger partial charge in [0.15, 0.2) is 0 Å². The van der Waals surface area contributed by atoms with Crippen LogP contribution in [-0.4, -0.2) is 17.4 Å². The number of phenols is 1. The van der Waals surface area contributed by atoms with E-state index in [-0.39, 0.29) is 0 Å². The Morgan fingerprint density at radius 3 is 1.69 bits per heavy atom. The van der Waals surface area contributed by atoms with Crippen molar-refractivity contribution in [3.63, 3.8) is 0 Å². The topological polar surface area (TPSA) is 32.6 Å². The minimum absolute atomic E-state index is 0.296. The minimum Gasteiger partial charge on any atom is -0.507 e. The minimum atomic E-state index is -0.533. The summed E-state index contributed by atoms with van der Waals surface area (Å²) in [4.78, 5) is 5.10. The number of hydrogen-bond acceptors (Lipinski definition) is 2. The number of hydrogen-bond donors (Lipinski definition) is 1. The van der Waals surface area contributed by atoms with Gasteiger partial charge in [0.25, 0.3) is 0 Å². The van der Waals surface area contributed by atoms with E-state index in [4.69, 9.17) is 4.99 Å². The second-order valence-electron chi connectivity index (χ2n) is 12.3. The van der Waals surface area contributed by atoms with Crippen molar-refractivity contribution in [2.45, 2.75) is 64.8 Å². The van der Waals surface area contributed by atoms with Crippen LogP contribution in [0.15, 0.2) is 108 Å². The molecule has 0 heterocycles. The lowest BCUT2D eigenvalue weighted by Gasteiger charge is -2.36. The zero-order chi connectivity index (χ0) is 27.5. The fraction of sp³-hybridized carbons (Fsp3) is 0.324. The van der Waals surface area contributed by atoms with Crippen molar-refractivity contribution in [3.8, 4) is 16.9 Å². The largest absolute Gasteiger partial charge is 0.507 e. The molecule has 1 aliphatic rings. The predicted octanol–water partition coefficient (Wildman–Crippen LogP) is 9.44. The molecule has 1 N–H and O–H groups in total. The van der Waals surface area contributed by atoms with Gasteiger partial charge in [0.05, 0.1) is 0 Å². The molecule has 0 aliphatic heterocycles. The van der Waals surface area contributed by atoms with Crippen LogP contribution in [0.2, 0.25) is 0 Å². The van der Waals surface area contributed by atoms with Crippen molar-refractivity contribution in [2.24, 2.45) is 16.3 Å². The molecule has 0 atom stereocenters. The smallest absolute Gasteiger partial charge is 0.129 e. The lowest BCUT2D eigenvalue weighted by molar-refractivity contribution is 0.170. The van der Waals surface area contributed by atoms with E-state index in [1.54, 1.807) is 0 Å². The fourth-order valence-corrected chi connectivity index (χ4v) is 6.30. The van der Waals surface area contributed by atoms with Crippen LogP contribution in [0, 0.1) is 11.3 Å². The van der Waals surface area contributed by atoms with Crippen LogP contribution in [0.3, 0.4) is 0 Å². The van der Waals surface area contributed by atoms with Crippen molar-refractivity contribution >= 4 is 6.21 Å². The van der Waals surface area contributed by atoms with E-state index >= 15 is 0 Å². The van der Waals surface area contributed by atoms with Gasteiger partial charge in [-0.25, -0.2) is 0 Å². The van der Waals surface area contributed by atoms with Gasteiger partial charge in [-0.2, -0.15) is 0 Å². The zero-order valence-corrected chi connectivity index (χ0v) is 23.8. The van der Waals surface area contributed by atoms with Gasteiger partial charge in [0, 0.05) is 28.8 Å². The molecular formula is C37H41NO. The van der Waals surface area contributed by atoms with Crippen molar-refractivity contribution in [3.05, 3.63) is 125 Å². The normalized spacial score (nSPS) is 18.4. The van der Waals surface area contributed by atoms with E-state index in [2.05, 4.69) is 100 Å². The molecule has 39 heavy (non-hydrogen) atoms. The maximum atomic E-state index is 12.1. The van der Waals surface area contributed by atoms with Gasteiger partial charge in [-0.3, -0.25) is 4.99 Å². The Labute approximate surface area is 234 Å². The van der Waals surface area contributed by atoms with E-state index in [1.165, 1.54) is 12.8 Å². The fourth-order valence-electron chi connectivity index (χ4n) is 6.30. The van der Waals surface area contributed by atoms with E-state index in [0.29, 0.717) is 17.2 Å². The summed E-state index contributed by atoms with van der Waals surface area (Å²) in [6.07, 6.45) is 6.59. The summed E-state index contributed by atoms with van der Waals surface area (Å²) in [5, 5.41) is 12.1. The highest BCUT2D eigenvalue weighted by molar-refractivity contribution is 5.94. The van der Waals surface area contributed by atoms with Crippen molar-refractivity contribution in [2.75, 3.05) is 0 Å². The zero-order valence-electron chi connectivity index (χ0n) is 23.8. The van der Waals surface area contributed by atoms with E-state index in [9.17, 15) is 5.11 Å². The van der Waals surface area contributed by atoms with Gasteiger partial charge < -0.3 is 5.11 Å². The lowest BCUT2D eigenvalue weighted by Crippen LogP contribution is -2.27. The van der Waals surface area contributed by atoms with Gasteiger partial charge in [0.2, 0.25) is 0 Å². The van der Waals surface area contributed by atoms with Crippen LogP contribution in [0.25, 0.3) is 11.1 Å². The molecule has 0 amide bonds. The molecule has 1 saturated carbocycles. The molecule has 4 aromatic rings. The highest BCUT2D eigenvalue weighted by Crippen LogP contribution is 2.46. The van der Waals surface area contributed by atoms with Gasteiger partial charge in [-0.15, -0.1) is 0 Å². The molecule has 0 spiro atoms. The Morgan fingerprint density at radius 1 is 0.667 bits per heavy atom. The van der Waals surface area contributed by atoms with Crippen LogP contribution in [0.4, 0.5) is 0 Å². The van der Waals surface area contributed by atoms with Crippen LogP contribution in [0.5, 0.6) is 5.75 Å². The monoisotopic (exact) mass is 515 g/mol. The Morgan fingerprint density at radius 2 is 1.18 bits per heavy atom. The molecule has 5 rings (SSSR count). The molecule has 0 aromatic heterocycles. The van der Waals surface area contributed by atoms with Crippen LogP contribution < -0.4 is 0 Å². The average Bonchev–Trinajstić information content (AvgIpc) is 2.97. The van der Waals surface area contributed by atoms with Crippen molar-refractivity contribution in [1.29, 1.82) is 0 Å². The van der Waals surface area contributed by atoms with E-state index in [0.717, 1.165) is 52.1 Å². The number of benzene rings is 4. The summed E-state index contributed by atoms with van der Waals surface area (Å²) in [6, 6.07) is 35.9. The predicted molar refractivity (Wildman–Crippen MR) is 165 cm³/mol. The molecule has 0 radical (unpaired) electrons. The summed E-state index contributed by atoms with van der Waals surface area (Å²) in [6.45, 7) is 9.28. The van der Waals surface area contributed by atoms with Crippen LogP contribution >= 0.6 is 0 Å². The molecule has 0 saturated heterocycles. The molecule has 1 fully saturated rings. The van der Waals surface area contributed by atoms with Crippen molar-refractivity contribution in [1.82, 2.24) is 0 Å². The molecular weight excluding hydrogens is 474 g/mol. The highest BCUT2D eigenvalue weighted by Gasteiger charge is 2.35. The van der Waals surface area contributed by atoms with Gasteiger partial charge in [0.1, 0.15) is 5.75 Å². The third-order valence-corrected chi connectivity index (χ3v) is 8.88. The van der Waals surface area contributed by atoms with Crippen LogP contribution in [0.1, 0.15) is 75.6 Å². The highest BCUT2D eigenvalue weighted by atomic mass is 16.3. The SMILES string of the molecule is CC(c1ccccc1)(c1ccccc1)c1ccc(-c2ccccc2)c(C=NC2CCC(C(C)(C)C)CC2)c1O. The summed E-state index contributed by atoms with van der Waals surface area (Å²) < 4.78 is 0. The first-order chi connectivity index (χ1) is 18.8. The third kappa shape index (κ3) is 5.57. The number of aromatic hydroxyl groups is 1. The number of aliphatic imine (C=N–C) groups is 1. The molecule has 0 bridgehead atoms. The number of nitrogens with zero attached hydrogens (tertiary/aromatic N) is 1. The number of phenolic OH excluding ortho intramolecular Hbond substituents is 1. The Hall–Kier alpha value is -3.65. The first-order valence-corrected chi connectivity index (χ1v) is 14.3. The molecule has 2 nitrogen and oxygen atoms in total. The summed E-state index contributed by atoms with van der Waals surface area (Å²) in [5.41, 5.74) is 5.87. The van der Waals surface area contributed by atoms with Crippen LogP contribution in [-0.2, 0) is 5.41 Å². The summed E-state index contributed by atoms with van der Waals surface area (Å²) >= 11 is 0. The number of rotatable bonds is 6. The third-order valence-electron chi connectivity index (χ3n) is 8.88. The molecule has 2 heteroatoms. The summed E-state index contributed by atoms with van der Waals surface area (Å²) in [5.74, 6) is 1.05. The molecule has 0 unspecified atom stereocenters. The Bertz CT molecular complexity index is 1350. The molecule has 200 valence electrons. The van der Waals surface area contributed by atoms with Crippen molar-refractivity contribution < 1.29 is 5.11 Å². The Kier molecular flexibility index (Phi) is 7.75. The van der Waals surface area contributed by atoms with E-state index < -0.39 is 5.41 Å². The van der Waals surface area contributed by atoms with Gasteiger partial charge >= 0.3 is 0 Å². The first kappa shape index (κ1) is 26.9. The Balaban J connectivity index is 1.61. The first-order valence-electron chi connectivity index (χ1n) is 14.3. The van der Waals surface area contributed by atoms with Gasteiger partial charge in [-0.1, -0.05) is 124 Å². The molecule has 4 aromatic carbocycles. The maximum Gasteiger partial charge on any atom is 0.129 e. The second kappa shape index (κ2) is 11.2. The summed E-state index contributed by atoms with van der Waals surface area (Å²) in [7, 11) is 0. The van der Waals surface area contributed by atoms with Gasteiger partial charge in [-0.05, 0) is 66.2 Å². The second-order valence-corrected chi connectivity index (χ2v) is 12.3. The molecule has 1 aliphatic carbocycles. The quantitative estimate of drug-likeness (QED) is 0.201. The lowest BCUT2D eigenvalue weighted by atomic mass is 9.70. The maximum absolute atomic E-state index is 12.1. The standard InChI is InChI=1S/C37H41NO/c1-36(2,3)28-20-22-31(23-21-28)38-26-33-32(27-14-8-5-9-15-27)24-25-34(35(33)39)37(4,29-16-10-6-11-17-29)30-18-12-7-13-19-30/h5-19,24-26,28,31,39H,20-23H2,1-4H3. The average molecular weight is 516 g/mol. The van der Waals surface area contributed by atoms with E-state index in [1.807, 2.05) is 36.5 Å².